The van der Waals surface area contributed by atoms with Crippen molar-refractivity contribution in [3.8, 4) is 5.75 Å². The van der Waals surface area contributed by atoms with Gasteiger partial charge in [0.25, 0.3) is 0 Å². The van der Waals surface area contributed by atoms with Gasteiger partial charge >= 0.3 is 0 Å². The number of anilines is 1. The molecule has 4 rings (SSSR count). The van der Waals surface area contributed by atoms with Crippen molar-refractivity contribution < 1.29 is 9.13 Å². The van der Waals surface area contributed by atoms with Gasteiger partial charge in [0.05, 0.1) is 0 Å². The second-order valence-electron chi connectivity index (χ2n) is 7.57. The lowest BCUT2D eigenvalue weighted by atomic mass is 10.0. The fourth-order valence-electron chi connectivity index (χ4n) is 3.80. The Morgan fingerprint density at radius 3 is 3.04 bits per heavy atom. The molecule has 25 heavy (non-hydrogen) atoms. The number of ether oxygens (including phenoxy) is 1. The summed E-state index contributed by atoms with van der Waals surface area (Å²) in [6.07, 6.45) is 3.58. The Morgan fingerprint density at radius 1 is 1.32 bits per heavy atom. The quantitative estimate of drug-likeness (QED) is 0.926. The molecule has 2 aliphatic heterocycles. The Bertz CT molecular complexity index is 777. The van der Waals surface area contributed by atoms with Crippen molar-refractivity contribution in [2.45, 2.75) is 44.9 Å². The van der Waals surface area contributed by atoms with Crippen LogP contribution in [0.15, 0.2) is 36.5 Å². The Morgan fingerprint density at radius 2 is 2.20 bits per heavy atom. The summed E-state index contributed by atoms with van der Waals surface area (Å²) in [7, 11) is 0. The highest BCUT2D eigenvalue weighted by Crippen LogP contribution is 2.37. The molecule has 1 unspecified atom stereocenters. The third-order valence-corrected chi connectivity index (χ3v) is 4.98. The summed E-state index contributed by atoms with van der Waals surface area (Å²) < 4.78 is 20.0. The van der Waals surface area contributed by atoms with Crippen LogP contribution in [0, 0.1) is 5.82 Å². The van der Waals surface area contributed by atoms with E-state index in [1.54, 1.807) is 12.3 Å². The lowest BCUT2D eigenvalue weighted by molar-refractivity contribution is 0.137. The average Bonchev–Trinajstić information content (AvgIpc) is 3.16. The minimum atomic E-state index is -0.250. The molecule has 2 aliphatic rings. The first-order valence-corrected chi connectivity index (χ1v) is 8.90. The van der Waals surface area contributed by atoms with Gasteiger partial charge in [-0.05, 0) is 38.0 Å². The molecule has 0 radical (unpaired) electrons. The maximum atomic E-state index is 13.9. The van der Waals surface area contributed by atoms with Crippen LogP contribution in [0.4, 0.5) is 10.2 Å². The van der Waals surface area contributed by atoms with E-state index in [-0.39, 0.29) is 11.4 Å². The van der Waals surface area contributed by atoms with E-state index in [0.717, 1.165) is 38.2 Å². The molecule has 0 aliphatic carbocycles. The van der Waals surface area contributed by atoms with Gasteiger partial charge in [-0.1, -0.05) is 18.2 Å². The van der Waals surface area contributed by atoms with Crippen LogP contribution in [-0.4, -0.2) is 29.7 Å². The topological polar surface area (TPSA) is 37.4 Å². The third kappa shape index (κ3) is 3.33. The van der Waals surface area contributed by atoms with Gasteiger partial charge < -0.3 is 15.0 Å². The largest absolute Gasteiger partial charge is 0.487 e. The average molecular weight is 341 g/mol. The number of hydrogen-bond acceptors (Lipinski definition) is 4. The molecule has 3 heterocycles. The summed E-state index contributed by atoms with van der Waals surface area (Å²) in [6, 6.07) is 9.79. The number of fused-ring (bicyclic) bond motifs is 1. The van der Waals surface area contributed by atoms with Crippen molar-refractivity contribution in [2.75, 3.05) is 18.0 Å². The van der Waals surface area contributed by atoms with Crippen LogP contribution in [0.25, 0.3) is 0 Å². The van der Waals surface area contributed by atoms with E-state index in [2.05, 4.69) is 42.3 Å². The van der Waals surface area contributed by atoms with Gasteiger partial charge in [-0.25, -0.2) is 9.37 Å². The summed E-state index contributed by atoms with van der Waals surface area (Å²) in [5.74, 6) is 1.24. The molecular weight excluding hydrogens is 317 g/mol. The number of rotatable bonds is 4. The van der Waals surface area contributed by atoms with Crippen LogP contribution in [0.2, 0.25) is 0 Å². The molecule has 2 aromatic rings. The van der Waals surface area contributed by atoms with Gasteiger partial charge in [-0.15, -0.1) is 0 Å². The number of halogens is 1. The Balaban J connectivity index is 1.40. The highest BCUT2D eigenvalue weighted by Gasteiger charge is 2.32. The molecular formula is C20H24FN3O. The predicted octanol–water partition coefficient (Wildman–Crippen LogP) is 3.30. The molecule has 1 aromatic heterocycles. The van der Waals surface area contributed by atoms with Crippen molar-refractivity contribution in [2.24, 2.45) is 0 Å². The number of hydrogen-bond donors (Lipinski definition) is 1. The maximum absolute atomic E-state index is 13.9. The molecule has 0 saturated carbocycles. The summed E-state index contributed by atoms with van der Waals surface area (Å²) >= 11 is 0. The monoisotopic (exact) mass is 341 g/mol. The van der Waals surface area contributed by atoms with Crippen molar-refractivity contribution in [1.29, 1.82) is 0 Å². The van der Waals surface area contributed by atoms with E-state index < -0.39 is 0 Å². The highest BCUT2D eigenvalue weighted by molar-refractivity contribution is 5.46. The standard InChI is InChI=1S/C20H24FN3O/c1-20(2)11-14-5-3-6-15(18(14)25-20)12-23-16-8-10-24(13-16)19-17(21)7-4-9-22-19/h3-7,9,16,23H,8,10-13H2,1-2H3. The van der Waals surface area contributed by atoms with Crippen molar-refractivity contribution >= 4 is 5.82 Å². The number of nitrogens with one attached hydrogen (secondary N) is 1. The molecule has 132 valence electrons. The molecule has 1 aromatic carbocycles. The summed E-state index contributed by atoms with van der Waals surface area (Å²) in [5, 5.41) is 3.60. The first-order chi connectivity index (χ1) is 12.0. The first-order valence-electron chi connectivity index (χ1n) is 8.90. The minimum absolute atomic E-state index is 0.126. The van der Waals surface area contributed by atoms with Crippen LogP contribution in [0.5, 0.6) is 5.75 Å². The number of benzene rings is 1. The van der Waals surface area contributed by atoms with Crippen LogP contribution in [0.3, 0.4) is 0 Å². The fourth-order valence-corrected chi connectivity index (χ4v) is 3.80. The third-order valence-electron chi connectivity index (χ3n) is 4.98. The van der Waals surface area contributed by atoms with Crippen molar-refractivity contribution in [1.82, 2.24) is 10.3 Å². The molecule has 0 spiro atoms. The van der Waals surface area contributed by atoms with Crippen LogP contribution < -0.4 is 15.0 Å². The smallest absolute Gasteiger partial charge is 0.165 e. The van der Waals surface area contributed by atoms with Gasteiger partial charge in [0.15, 0.2) is 11.6 Å². The summed E-state index contributed by atoms with van der Waals surface area (Å²) in [4.78, 5) is 6.20. The Kier molecular flexibility index (Phi) is 4.12. The molecule has 0 bridgehead atoms. The SMILES string of the molecule is CC1(C)Cc2cccc(CNC3CCN(c4ncccc4F)C3)c2O1. The molecule has 5 heteroatoms. The second kappa shape index (κ2) is 6.30. The number of aromatic nitrogens is 1. The highest BCUT2D eigenvalue weighted by atomic mass is 19.1. The van der Waals surface area contributed by atoms with Crippen LogP contribution >= 0.6 is 0 Å². The molecule has 1 saturated heterocycles. The van der Waals surface area contributed by atoms with Gasteiger partial charge in [-0.3, -0.25) is 0 Å². The van der Waals surface area contributed by atoms with E-state index in [0.29, 0.717) is 11.9 Å². The lowest BCUT2D eigenvalue weighted by Gasteiger charge is -2.20. The number of pyridine rings is 1. The molecule has 0 amide bonds. The fraction of sp³-hybridized carbons (Fsp3) is 0.450. The Hall–Kier alpha value is -2.14. The zero-order chi connectivity index (χ0) is 17.4. The normalized spacial score (nSPS) is 21.2. The van der Waals surface area contributed by atoms with Crippen molar-refractivity contribution in [3.05, 3.63) is 53.5 Å². The van der Waals surface area contributed by atoms with Gasteiger partial charge in [0.2, 0.25) is 0 Å². The van der Waals surface area contributed by atoms with E-state index in [1.807, 2.05) is 4.90 Å². The van der Waals surface area contributed by atoms with Gasteiger partial charge in [-0.2, -0.15) is 0 Å². The van der Waals surface area contributed by atoms with E-state index in [4.69, 9.17) is 4.74 Å². The van der Waals surface area contributed by atoms with E-state index >= 15 is 0 Å². The van der Waals surface area contributed by atoms with Crippen LogP contribution in [-0.2, 0) is 13.0 Å². The minimum Gasteiger partial charge on any atom is -0.487 e. The summed E-state index contributed by atoms with van der Waals surface area (Å²) in [6.45, 7) is 6.61. The number of para-hydroxylation sites is 1. The number of nitrogens with zero attached hydrogens (tertiary/aromatic N) is 2. The predicted molar refractivity (Wildman–Crippen MR) is 96.5 cm³/mol. The summed E-state index contributed by atoms with van der Waals surface area (Å²) in [5.41, 5.74) is 2.36. The van der Waals surface area contributed by atoms with Gasteiger partial charge in [0, 0.05) is 43.9 Å². The van der Waals surface area contributed by atoms with Crippen molar-refractivity contribution in [3.63, 3.8) is 0 Å². The lowest BCUT2D eigenvalue weighted by Crippen LogP contribution is -2.32. The first kappa shape index (κ1) is 16.3. The molecule has 1 atom stereocenters. The van der Waals surface area contributed by atoms with Gasteiger partial charge in [0.1, 0.15) is 11.4 Å². The maximum Gasteiger partial charge on any atom is 0.165 e. The van der Waals surface area contributed by atoms with Crippen LogP contribution in [0.1, 0.15) is 31.4 Å². The van der Waals surface area contributed by atoms with E-state index in [9.17, 15) is 4.39 Å². The Labute approximate surface area is 148 Å². The zero-order valence-electron chi connectivity index (χ0n) is 14.8. The molecule has 1 N–H and O–H groups in total. The molecule has 4 nitrogen and oxygen atoms in total. The van der Waals surface area contributed by atoms with E-state index in [1.165, 1.54) is 17.2 Å². The zero-order valence-corrected chi connectivity index (χ0v) is 14.8. The second-order valence-corrected chi connectivity index (χ2v) is 7.57. The molecule has 1 fully saturated rings.